The predicted octanol–water partition coefficient (Wildman–Crippen LogP) is 2.77. The van der Waals surface area contributed by atoms with Gasteiger partial charge in [0.2, 0.25) is 0 Å². The van der Waals surface area contributed by atoms with Crippen molar-refractivity contribution in [2.24, 2.45) is 11.8 Å². The quantitative estimate of drug-likeness (QED) is 0.829. The van der Waals surface area contributed by atoms with Crippen molar-refractivity contribution in [2.45, 2.75) is 25.7 Å². The second-order valence-electron chi connectivity index (χ2n) is 5.07. The molecule has 102 valence electrons. The Labute approximate surface area is 112 Å². The Morgan fingerprint density at radius 2 is 1.95 bits per heavy atom. The second kappa shape index (κ2) is 5.87. The van der Waals surface area contributed by atoms with Gasteiger partial charge in [-0.2, -0.15) is 0 Å². The largest absolute Gasteiger partial charge is 0.497 e. The molecule has 0 amide bonds. The monoisotopic (exact) mass is 262 g/mol. The second-order valence-corrected chi connectivity index (χ2v) is 5.07. The summed E-state index contributed by atoms with van der Waals surface area (Å²) in [5.41, 5.74) is 0.666. The van der Waals surface area contributed by atoms with E-state index in [0.717, 1.165) is 12.2 Å². The topological polar surface area (TPSA) is 63.6 Å². The smallest absolute Gasteiger partial charge is 0.306 e. The van der Waals surface area contributed by atoms with E-state index in [0.29, 0.717) is 24.8 Å². The molecule has 0 saturated heterocycles. The number of hydrogen-bond acceptors (Lipinski definition) is 3. The Morgan fingerprint density at radius 1 is 1.26 bits per heavy atom. The molecule has 1 fully saturated rings. The average molecular weight is 262 g/mol. The number of aliphatic carboxylic acids is 1. The van der Waals surface area contributed by atoms with Crippen molar-refractivity contribution in [3.05, 3.63) is 29.8 Å². The Morgan fingerprint density at radius 3 is 2.47 bits per heavy atom. The molecule has 0 spiro atoms. The van der Waals surface area contributed by atoms with Gasteiger partial charge in [-0.15, -0.1) is 0 Å². The first-order valence-electron chi connectivity index (χ1n) is 6.50. The molecule has 1 saturated carbocycles. The third-order valence-corrected chi connectivity index (χ3v) is 3.78. The lowest BCUT2D eigenvalue weighted by Crippen LogP contribution is -2.11. The number of Topliss-reactive ketones (excluding diaryl/α,β-unsaturated/α-hetero) is 1. The van der Waals surface area contributed by atoms with Crippen LogP contribution in [0, 0.1) is 11.8 Å². The summed E-state index contributed by atoms with van der Waals surface area (Å²) >= 11 is 0. The van der Waals surface area contributed by atoms with E-state index in [-0.39, 0.29) is 17.6 Å². The maximum atomic E-state index is 12.1. The van der Waals surface area contributed by atoms with Crippen molar-refractivity contribution < 1.29 is 19.4 Å². The first-order chi connectivity index (χ1) is 9.10. The van der Waals surface area contributed by atoms with E-state index in [1.807, 2.05) is 0 Å². The van der Waals surface area contributed by atoms with Gasteiger partial charge in [-0.3, -0.25) is 9.59 Å². The minimum atomic E-state index is -0.737. The van der Waals surface area contributed by atoms with Gasteiger partial charge in [0.15, 0.2) is 5.78 Å². The standard InChI is InChI=1S/C15H18O4/c1-19-13-6-4-11(5-7-13)14(16)9-10-2-3-12(8-10)15(17)18/h4-7,10,12H,2-3,8-9H2,1H3,(H,17,18). The maximum Gasteiger partial charge on any atom is 0.306 e. The molecule has 1 aliphatic carbocycles. The van der Waals surface area contributed by atoms with Gasteiger partial charge in [0.1, 0.15) is 5.75 Å². The van der Waals surface area contributed by atoms with Crippen LogP contribution in [0.25, 0.3) is 0 Å². The summed E-state index contributed by atoms with van der Waals surface area (Å²) in [7, 11) is 1.58. The Bertz CT molecular complexity index is 464. The lowest BCUT2D eigenvalue weighted by atomic mass is 9.96. The molecule has 0 bridgehead atoms. The summed E-state index contributed by atoms with van der Waals surface area (Å²) in [6.45, 7) is 0. The van der Waals surface area contributed by atoms with Gasteiger partial charge < -0.3 is 9.84 Å². The highest BCUT2D eigenvalue weighted by molar-refractivity contribution is 5.96. The van der Waals surface area contributed by atoms with Crippen molar-refractivity contribution in [1.82, 2.24) is 0 Å². The van der Waals surface area contributed by atoms with E-state index in [2.05, 4.69) is 0 Å². The van der Waals surface area contributed by atoms with Crippen LogP contribution in [-0.4, -0.2) is 24.0 Å². The summed E-state index contributed by atoms with van der Waals surface area (Å²) in [6.07, 6.45) is 2.59. The highest BCUT2D eigenvalue weighted by Gasteiger charge is 2.30. The van der Waals surface area contributed by atoms with Crippen LogP contribution < -0.4 is 4.74 Å². The summed E-state index contributed by atoms with van der Waals surface area (Å²) in [4.78, 5) is 23.0. The van der Waals surface area contributed by atoms with E-state index in [4.69, 9.17) is 9.84 Å². The Hall–Kier alpha value is -1.84. The minimum absolute atomic E-state index is 0.0821. The molecule has 0 heterocycles. The highest BCUT2D eigenvalue weighted by Crippen LogP contribution is 2.34. The molecule has 2 atom stereocenters. The van der Waals surface area contributed by atoms with Crippen molar-refractivity contribution in [1.29, 1.82) is 0 Å². The van der Waals surface area contributed by atoms with Crippen LogP contribution in [0.1, 0.15) is 36.0 Å². The molecule has 1 aromatic rings. The number of benzene rings is 1. The maximum absolute atomic E-state index is 12.1. The van der Waals surface area contributed by atoms with Crippen LogP contribution in [0.15, 0.2) is 24.3 Å². The molecule has 2 unspecified atom stereocenters. The number of ketones is 1. The number of carboxylic acids is 1. The number of rotatable bonds is 5. The fraction of sp³-hybridized carbons (Fsp3) is 0.467. The molecular formula is C15H18O4. The SMILES string of the molecule is COc1ccc(C(=O)CC2CCC(C(=O)O)C2)cc1. The van der Waals surface area contributed by atoms with E-state index in [1.54, 1.807) is 31.4 Å². The van der Waals surface area contributed by atoms with Gasteiger partial charge in [-0.25, -0.2) is 0 Å². The van der Waals surface area contributed by atoms with Crippen LogP contribution >= 0.6 is 0 Å². The molecule has 1 N–H and O–H groups in total. The van der Waals surface area contributed by atoms with Crippen LogP contribution in [-0.2, 0) is 4.79 Å². The van der Waals surface area contributed by atoms with Gasteiger partial charge in [0.25, 0.3) is 0 Å². The highest BCUT2D eigenvalue weighted by atomic mass is 16.5. The van der Waals surface area contributed by atoms with Crippen molar-refractivity contribution >= 4 is 11.8 Å². The van der Waals surface area contributed by atoms with Gasteiger partial charge in [-0.05, 0) is 49.4 Å². The zero-order valence-electron chi connectivity index (χ0n) is 11.0. The van der Waals surface area contributed by atoms with Crippen LogP contribution in [0.3, 0.4) is 0 Å². The van der Waals surface area contributed by atoms with Crippen molar-refractivity contribution in [2.75, 3.05) is 7.11 Å². The zero-order valence-corrected chi connectivity index (χ0v) is 11.0. The lowest BCUT2D eigenvalue weighted by molar-refractivity contribution is -0.141. The van der Waals surface area contributed by atoms with E-state index >= 15 is 0 Å². The number of ether oxygens (including phenoxy) is 1. The summed E-state index contributed by atoms with van der Waals surface area (Å²) < 4.78 is 5.05. The Kier molecular flexibility index (Phi) is 4.20. The first kappa shape index (κ1) is 13.6. The average Bonchev–Trinajstić information content (AvgIpc) is 2.87. The first-order valence-corrected chi connectivity index (χ1v) is 6.50. The summed E-state index contributed by atoms with van der Waals surface area (Å²) in [5, 5.41) is 8.94. The molecule has 0 aliphatic heterocycles. The molecule has 2 rings (SSSR count). The van der Waals surface area contributed by atoms with E-state index in [1.165, 1.54) is 0 Å². The van der Waals surface area contributed by atoms with Crippen LogP contribution in [0.5, 0.6) is 5.75 Å². The van der Waals surface area contributed by atoms with Crippen LogP contribution in [0.4, 0.5) is 0 Å². The molecule has 19 heavy (non-hydrogen) atoms. The molecule has 0 radical (unpaired) electrons. The molecular weight excluding hydrogens is 244 g/mol. The van der Waals surface area contributed by atoms with Crippen molar-refractivity contribution in [3.8, 4) is 5.75 Å². The normalized spacial score (nSPS) is 22.2. The van der Waals surface area contributed by atoms with Crippen LogP contribution in [0.2, 0.25) is 0 Å². The number of carboxylic acid groups (broad SMARTS) is 1. The molecule has 4 heteroatoms. The number of carbonyl (C=O) groups is 2. The van der Waals surface area contributed by atoms with E-state index < -0.39 is 5.97 Å². The lowest BCUT2D eigenvalue weighted by Gasteiger charge is -2.09. The predicted molar refractivity (Wildman–Crippen MR) is 70.4 cm³/mol. The molecule has 4 nitrogen and oxygen atoms in total. The van der Waals surface area contributed by atoms with Crippen molar-refractivity contribution in [3.63, 3.8) is 0 Å². The van der Waals surface area contributed by atoms with Gasteiger partial charge in [0, 0.05) is 12.0 Å². The molecule has 0 aromatic heterocycles. The zero-order chi connectivity index (χ0) is 13.8. The fourth-order valence-electron chi connectivity index (χ4n) is 2.64. The molecule has 1 aromatic carbocycles. The summed E-state index contributed by atoms with van der Waals surface area (Å²) in [6, 6.07) is 7.04. The summed E-state index contributed by atoms with van der Waals surface area (Å²) in [5.74, 6) is 0.00538. The third kappa shape index (κ3) is 3.34. The number of hydrogen-bond donors (Lipinski definition) is 1. The van der Waals surface area contributed by atoms with Gasteiger partial charge in [-0.1, -0.05) is 0 Å². The fourth-order valence-corrected chi connectivity index (χ4v) is 2.64. The number of carbonyl (C=O) groups excluding carboxylic acids is 1. The number of methoxy groups -OCH3 is 1. The minimum Gasteiger partial charge on any atom is -0.497 e. The van der Waals surface area contributed by atoms with Gasteiger partial charge >= 0.3 is 5.97 Å². The third-order valence-electron chi connectivity index (χ3n) is 3.78. The Balaban J connectivity index is 1.92. The van der Waals surface area contributed by atoms with Gasteiger partial charge in [0.05, 0.1) is 13.0 Å². The molecule has 1 aliphatic rings. The van der Waals surface area contributed by atoms with E-state index in [9.17, 15) is 9.59 Å².